The molecule has 0 saturated heterocycles. The Balaban J connectivity index is 2.29. The summed E-state index contributed by atoms with van der Waals surface area (Å²) in [5, 5.41) is 10.1. The van der Waals surface area contributed by atoms with Gasteiger partial charge in [0.15, 0.2) is 0 Å². The van der Waals surface area contributed by atoms with E-state index in [9.17, 15) is 5.11 Å². The zero-order valence-corrected chi connectivity index (χ0v) is 10.8. The molecule has 0 bridgehead atoms. The van der Waals surface area contributed by atoms with E-state index in [2.05, 4.69) is 33.4 Å². The first-order valence-corrected chi connectivity index (χ1v) is 6.48. The van der Waals surface area contributed by atoms with Gasteiger partial charge in [-0.3, -0.25) is 0 Å². The van der Waals surface area contributed by atoms with Crippen LogP contribution in [-0.2, 0) is 0 Å². The molecule has 1 fully saturated rings. The highest BCUT2D eigenvalue weighted by molar-refractivity contribution is 5.24. The topological polar surface area (TPSA) is 20.2 Å². The van der Waals surface area contributed by atoms with Gasteiger partial charge in [-0.25, -0.2) is 0 Å². The van der Waals surface area contributed by atoms with E-state index in [0.29, 0.717) is 11.8 Å². The summed E-state index contributed by atoms with van der Waals surface area (Å²) in [6.45, 7) is 10.8. The third kappa shape index (κ3) is 1.75. The summed E-state index contributed by atoms with van der Waals surface area (Å²) in [6.07, 6.45) is 6.66. The number of aliphatic hydroxyl groups is 1. The van der Waals surface area contributed by atoms with E-state index in [0.717, 1.165) is 19.3 Å². The lowest BCUT2D eigenvalue weighted by Gasteiger charge is -2.49. The maximum absolute atomic E-state index is 10.1. The van der Waals surface area contributed by atoms with Crippen molar-refractivity contribution in [2.45, 2.75) is 52.6 Å². The number of hydrogen-bond donors (Lipinski definition) is 1. The van der Waals surface area contributed by atoms with Crippen LogP contribution < -0.4 is 0 Å². The van der Waals surface area contributed by atoms with Crippen molar-refractivity contribution in [3.63, 3.8) is 0 Å². The first-order chi connectivity index (χ1) is 7.45. The average Bonchev–Trinajstić information content (AvgIpc) is 2.24. The lowest BCUT2D eigenvalue weighted by Crippen LogP contribution is -2.43. The van der Waals surface area contributed by atoms with Gasteiger partial charge in [-0.1, -0.05) is 37.6 Å². The Morgan fingerprint density at radius 1 is 1.56 bits per heavy atom. The monoisotopic (exact) mass is 220 g/mol. The van der Waals surface area contributed by atoms with Crippen LogP contribution in [0.4, 0.5) is 0 Å². The molecule has 4 atom stereocenters. The summed E-state index contributed by atoms with van der Waals surface area (Å²) in [4.78, 5) is 0. The fourth-order valence-electron chi connectivity index (χ4n) is 3.46. The minimum Gasteiger partial charge on any atom is -0.393 e. The van der Waals surface area contributed by atoms with Gasteiger partial charge in [0.05, 0.1) is 6.10 Å². The normalized spacial score (nSPS) is 43.5. The highest BCUT2D eigenvalue weighted by Crippen LogP contribution is 2.52. The molecule has 1 heteroatoms. The molecule has 2 aliphatic carbocycles. The number of allylic oxidation sites excluding steroid dienone is 3. The van der Waals surface area contributed by atoms with Crippen molar-refractivity contribution in [2.75, 3.05) is 0 Å². The van der Waals surface area contributed by atoms with Gasteiger partial charge < -0.3 is 5.11 Å². The third-order valence-corrected chi connectivity index (χ3v) is 5.04. The molecular weight excluding hydrogens is 196 g/mol. The molecule has 1 N–H and O–H groups in total. The van der Waals surface area contributed by atoms with Gasteiger partial charge in [-0.05, 0) is 49.9 Å². The molecule has 1 saturated carbocycles. The standard InChI is InChI=1S/C15H24O/c1-10(2)12-5-6-13-7-8-14(16)11(3)15(13,4)9-12/h6,11-12,14,16H,1,5,7-9H2,2-4H3/t11-,12-,14-,15?/m1/s1. The minimum atomic E-state index is -0.119. The quantitative estimate of drug-likeness (QED) is 0.668. The maximum Gasteiger partial charge on any atom is 0.0577 e. The summed E-state index contributed by atoms with van der Waals surface area (Å²) in [5.41, 5.74) is 3.09. The maximum atomic E-state index is 10.1. The second-order valence-corrected chi connectivity index (χ2v) is 6.02. The van der Waals surface area contributed by atoms with E-state index < -0.39 is 0 Å². The molecule has 0 radical (unpaired) electrons. The minimum absolute atomic E-state index is 0.119. The second-order valence-electron chi connectivity index (χ2n) is 6.02. The van der Waals surface area contributed by atoms with Crippen LogP contribution in [0.3, 0.4) is 0 Å². The van der Waals surface area contributed by atoms with Crippen molar-refractivity contribution in [1.82, 2.24) is 0 Å². The molecule has 16 heavy (non-hydrogen) atoms. The Morgan fingerprint density at radius 2 is 2.25 bits per heavy atom. The lowest BCUT2D eigenvalue weighted by molar-refractivity contribution is 0.0109. The van der Waals surface area contributed by atoms with E-state index in [1.54, 1.807) is 5.57 Å². The molecule has 2 aliphatic rings. The molecule has 0 aromatic carbocycles. The first kappa shape index (κ1) is 11.9. The predicted octanol–water partition coefficient (Wildman–Crippen LogP) is 3.70. The summed E-state index contributed by atoms with van der Waals surface area (Å²) in [6, 6.07) is 0. The molecule has 0 spiro atoms. The van der Waals surface area contributed by atoms with E-state index in [4.69, 9.17) is 0 Å². The summed E-state index contributed by atoms with van der Waals surface area (Å²) in [5.74, 6) is 0.996. The van der Waals surface area contributed by atoms with Crippen LogP contribution in [0.1, 0.15) is 46.5 Å². The molecule has 0 heterocycles. The number of aliphatic hydroxyl groups excluding tert-OH is 1. The molecule has 0 aromatic rings. The molecule has 0 aliphatic heterocycles. The van der Waals surface area contributed by atoms with Crippen molar-refractivity contribution in [1.29, 1.82) is 0 Å². The average molecular weight is 220 g/mol. The fraction of sp³-hybridized carbons (Fsp3) is 0.733. The fourth-order valence-corrected chi connectivity index (χ4v) is 3.46. The van der Waals surface area contributed by atoms with Crippen molar-refractivity contribution in [2.24, 2.45) is 17.3 Å². The molecule has 90 valence electrons. The summed E-state index contributed by atoms with van der Waals surface area (Å²) in [7, 11) is 0. The molecule has 1 nitrogen and oxygen atoms in total. The van der Waals surface area contributed by atoms with Crippen LogP contribution in [-0.4, -0.2) is 11.2 Å². The van der Waals surface area contributed by atoms with Crippen LogP contribution in [0.5, 0.6) is 0 Å². The number of fused-ring (bicyclic) bond motifs is 1. The van der Waals surface area contributed by atoms with Gasteiger partial charge in [0, 0.05) is 0 Å². The van der Waals surface area contributed by atoms with Crippen LogP contribution in [0.15, 0.2) is 23.8 Å². The zero-order chi connectivity index (χ0) is 11.9. The molecular formula is C15H24O. The summed E-state index contributed by atoms with van der Waals surface area (Å²) >= 11 is 0. The van der Waals surface area contributed by atoms with E-state index in [1.165, 1.54) is 12.0 Å². The van der Waals surface area contributed by atoms with E-state index in [-0.39, 0.29) is 11.5 Å². The molecule has 0 aromatic heterocycles. The Hall–Kier alpha value is -0.560. The largest absolute Gasteiger partial charge is 0.393 e. The first-order valence-electron chi connectivity index (χ1n) is 6.48. The van der Waals surface area contributed by atoms with Gasteiger partial charge in [0.1, 0.15) is 0 Å². The van der Waals surface area contributed by atoms with Gasteiger partial charge in [-0.2, -0.15) is 0 Å². The van der Waals surface area contributed by atoms with Crippen LogP contribution >= 0.6 is 0 Å². The zero-order valence-electron chi connectivity index (χ0n) is 10.8. The SMILES string of the molecule is C=C(C)[C@@H]1CC=C2CC[C@@H](O)[C@@H](C)C2(C)C1. The Labute approximate surface area is 99.3 Å². The Bertz CT molecular complexity index is 328. The predicted molar refractivity (Wildman–Crippen MR) is 68.1 cm³/mol. The van der Waals surface area contributed by atoms with Gasteiger partial charge >= 0.3 is 0 Å². The number of rotatable bonds is 1. The van der Waals surface area contributed by atoms with Crippen LogP contribution in [0.25, 0.3) is 0 Å². The Kier molecular flexibility index (Phi) is 3.00. The number of hydrogen-bond acceptors (Lipinski definition) is 1. The second kappa shape index (κ2) is 4.03. The smallest absolute Gasteiger partial charge is 0.0577 e. The molecule has 1 unspecified atom stereocenters. The van der Waals surface area contributed by atoms with Gasteiger partial charge in [0.2, 0.25) is 0 Å². The van der Waals surface area contributed by atoms with Crippen molar-refractivity contribution in [3.8, 4) is 0 Å². The third-order valence-electron chi connectivity index (χ3n) is 5.04. The summed E-state index contributed by atoms with van der Waals surface area (Å²) < 4.78 is 0. The van der Waals surface area contributed by atoms with Gasteiger partial charge in [0.25, 0.3) is 0 Å². The molecule has 0 amide bonds. The van der Waals surface area contributed by atoms with Crippen LogP contribution in [0.2, 0.25) is 0 Å². The van der Waals surface area contributed by atoms with Crippen LogP contribution in [0, 0.1) is 17.3 Å². The highest BCUT2D eigenvalue weighted by atomic mass is 16.3. The van der Waals surface area contributed by atoms with Crippen molar-refractivity contribution < 1.29 is 5.11 Å². The van der Waals surface area contributed by atoms with Gasteiger partial charge in [-0.15, -0.1) is 0 Å². The molecule has 2 rings (SSSR count). The van der Waals surface area contributed by atoms with Crippen molar-refractivity contribution >= 4 is 0 Å². The highest BCUT2D eigenvalue weighted by Gasteiger charge is 2.44. The van der Waals surface area contributed by atoms with E-state index in [1.807, 2.05) is 0 Å². The van der Waals surface area contributed by atoms with Crippen molar-refractivity contribution in [3.05, 3.63) is 23.8 Å². The Morgan fingerprint density at radius 3 is 2.88 bits per heavy atom. The lowest BCUT2D eigenvalue weighted by atomic mass is 9.57. The van der Waals surface area contributed by atoms with E-state index >= 15 is 0 Å².